The van der Waals surface area contributed by atoms with Gasteiger partial charge >= 0.3 is 0 Å². The Bertz CT molecular complexity index is 636. The zero-order valence-electron chi connectivity index (χ0n) is 12.4. The Morgan fingerprint density at radius 3 is 2.67 bits per heavy atom. The lowest BCUT2D eigenvalue weighted by Crippen LogP contribution is -2.39. The predicted molar refractivity (Wildman–Crippen MR) is 84.4 cm³/mol. The third-order valence-electron chi connectivity index (χ3n) is 4.38. The predicted octanol–water partition coefficient (Wildman–Crippen LogP) is 2.47. The molecule has 2 N–H and O–H groups in total. The standard InChI is InChI=1S/C17H22N2O2/c1-19(12-17(21)8-4-5-9-17)16-14(11-20)10-13-6-2-3-7-15(13)18-16/h2-3,6-7,10,20-21H,4-5,8-9,11-12H2,1H3. The Balaban J connectivity index is 1.94. The van der Waals surface area contributed by atoms with Crippen molar-refractivity contribution in [1.29, 1.82) is 0 Å². The maximum atomic E-state index is 10.6. The summed E-state index contributed by atoms with van der Waals surface area (Å²) in [6.07, 6.45) is 3.86. The minimum atomic E-state index is -0.616. The first-order chi connectivity index (χ1) is 10.1. The fourth-order valence-electron chi connectivity index (χ4n) is 3.30. The maximum Gasteiger partial charge on any atom is 0.134 e. The van der Waals surface area contributed by atoms with Gasteiger partial charge in [0.2, 0.25) is 0 Å². The second-order valence-electron chi connectivity index (χ2n) is 6.11. The van der Waals surface area contributed by atoms with Crippen LogP contribution in [0.2, 0.25) is 0 Å². The first-order valence-electron chi connectivity index (χ1n) is 7.54. The Hall–Kier alpha value is -1.65. The second kappa shape index (κ2) is 5.62. The van der Waals surface area contributed by atoms with Crippen molar-refractivity contribution in [2.75, 3.05) is 18.5 Å². The summed E-state index contributed by atoms with van der Waals surface area (Å²) in [5.41, 5.74) is 1.10. The largest absolute Gasteiger partial charge is 0.392 e. The minimum Gasteiger partial charge on any atom is -0.392 e. The number of pyridine rings is 1. The average Bonchev–Trinajstić information content (AvgIpc) is 2.92. The molecule has 1 aliphatic carbocycles. The first-order valence-corrected chi connectivity index (χ1v) is 7.54. The van der Waals surface area contributed by atoms with Gasteiger partial charge in [-0.1, -0.05) is 31.0 Å². The lowest BCUT2D eigenvalue weighted by atomic mass is 10.0. The van der Waals surface area contributed by atoms with Crippen LogP contribution in [0.4, 0.5) is 5.82 Å². The number of aliphatic hydroxyl groups excluding tert-OH is 1. The number of aliphatic hydroxyl groups is 2. The molecule has 112 valence electrons. The molecule has 1 aliphatic rings. The summed E-state index contributed by atoms with van der Waals surface area (Å²) in [7, 11) is 1.94. The second-order valence-corrected chi connectivity index (χ2v) is 6.11. The van der Waals surface area contributed by atoms with Crippen molar-refractivity contribution in [2.45, 2.75) is 37.9 Å². The highest BCUT2D eigenvalue weighted by molar-refractivity contribution is 5.81. The molecular formula is C17H22N2O2. The van der Waals surface area contributed by atoms with E-state index in [1.807, 2.05) is 42.3 Å². The number of hydrogen-bond donors (Lipinski definition) is 2. The van der Waals surface area contributed by atoms with Gasteiger partial charge in [-0.25, -0.2) is 4.98 Å². The van der Waals surface area contributed by atoms with Crippen LogP contribution in [0, 0.1) is 0 Å². The number of benzene rings is 1. The van der Waals surface area contributed by atoms with Crippen LogP contribution in [0.1, 0.15) is 31.2 Å². The van der Waals surface area contributed by atoms with Gasteiger partial charge < -0.3 is 15.1 Å². The number of para-hydroxylation sites is 1. The summed E-state index contributed by atoms with van der Waals surface area (Å²) in [6.45, 7) is 0.515. The molecule has 0 amide bonds. The van der Waals surface area contributed by atoms with Crippen LogP contribution in [0.5, 0.6) is 0 Å². The number of aromatic nitrogens is 1. The molecule has 0 spiro atoms. The molecule has 1 heterocycles. The van der Waals surface area contributed by atoms with E-state index >= 15 is 0 Å². The molecule has 0 aliphatic heterocycles. The fraction of sp³-hybridized carbons (Fsp3) is 0.471. The van der Waals surface area contributed by atoms with Gasteiger partial charge in [0.1, 0.15) is 5.82 Å². The highest BCUT2D eigenvalue weighted by Crippen LogP contribution is 2.32. The molecule has 0 unspecified atom stereocenters. The Kier molecular flexibility index (Phi) is 3.83. The summed E-state index contributed by atoms with van der Waals surface area (Å²) < 4.78 is 0. The van der Waals surface area contributed by atoms with Crippen molar-refractivity contribution >= 4 is 16.7 Å². The third kappa shape index (κ3) is 2.87. The Morgan fingerprint density at radius 2 is 1.95 bits per heavy atom. The van der Waals surface area contributed by atoms with E-state index < -0.39 is 5.60 Å². The highest BCUT2D eigenvalue weighted by atomic mass is 16.3. The van der Waals surface area contributed by atoms with Crippen LogP contribution in [0.15, 0.2) is 30.3 Å². The molecule has 2 aromatic rings. The zero-order valence-corrected chi connectivity index (χ0v) is 12.4. The minimum absolute atomic E-state index is 0.0457. The monoisotopic (exact) mass is 286 g/mol. The summed E-state index contributed by atoms with van der Waals surface area (Å²) in [6, 6.07) is 9.87. The van der Waals surface area contributed by atoms with Crippen LogP contribution in [-0.2, 0) is 6.61 Å². The number of likely N-dealkylation sites (N-methyl/N-ethyl adjacent to an activating group) is 1. The molecule has 0 radical (unpaired) electrons. The maximum absolute atomic E-state index is 10.6. The lowest BCUT2D eigenvalue weighted by molar-refractivity contribution is 0.0557. The molecule has 1 saturated carbocycles. The Labute approximate surface area is 125 Å². The zero-order chi connectivity index (χ0) is 14.9. The number of fused-ring (bicyclic) bond motifs is 1. The van der Waals surface area contributed by atoms with Crippen LogP contribution in [0.3, 0.4) is 0 Å². The molecular weight excluding hydrogens is 264 g/mol. The number of rotatable bonds is 4. The van der Waals surface area contributed by atoms with E-state index in [2.05, 4.69) is 4.98 Å². The number of hydrogen-bond acceptors (Lipinski definition) is 4. The molecule has 4 heteroatoms. The van der Waals surface area contributed by atoms with E-state index in [0.29, 0.717) is 6.54 Å². The van der Waals surface area contributed by atoms with E-state index in [1.54, 1.807) is 0 Å². The van der Waals surface area contributed by atoms with Gasteiger partial charge in [0, 0.05) is 24.5 Å². The van der Waals surface area contributed by atoms with Crippen LogP contribution >= 0.6 is 0 Å². The lowest BCUT2D eigenvalue weighted by Gasteiger charge is -2.30. The van der Waals surface area contributed by atoms with Crippen LogP contribution < -0.4 is 4.90 Å². The number of nitrogens with zero attached hydrogens (tertiary/aromatic N) is 2. The van der Waals surface area contributed by atoms with Crippen molar-refractivity contribution in [3.63, 3.8) is 0 Å². The van der Waals surface area contributed by atoms with Crippen molar-refractivity contribution in [2.24, 2.45) is 0 Å². The molecule has 1 aromatic heterocycles. The normalized spacial score (nSPS) is 17.3. The molecule has 3 rings (SSSR count). The van der Waals surface area contributed by atoms with E-state index in [1.165, 1.54) is 0 Å². The third-order valence-corrected chi connectivity index (χ3v) is 4.38. The average molecular weight is 286 g/mol. The van der Waals surface area contributed by atoms with Gasteiger partial charge in [-0.15, -0.1) is 0 Å². The smallest absolute Gasteiger partial charge is 0.134 e. The molecule has 4 nitrogen and oxygen atoms in total. The topological polar surface area (TPSA) is 56.6 Å². The summed E-state index contributed by atoms with van der Waals surface area (Å²) >= 11 is 0. The van der Waals surface area contributed by atoms with Gasteiger partial charge in [-0.2, -0.15) is 0 Å². The van der Waals surface area contributed by atoms with E-state index in [0.717, 1.165) is 48.0 Å². The van der Waals surface area contributed by atoms with Crippen LogP contribution in [0.25, 0.3) is 10.9 Å². The fourth-order valence-corrected chi connectivity index (χ4v) is 3.30. The van der Waals surface area contributed by atoms with Crippen molar-refractivity contribution in [1.82, 2.24) is 4.98 Å². The van der Waals surface area contributed by atoms with Gasteiger partial charge in [0.05, 0.1) is 17.7 Å². The molecule has 0 bridgehead atoms. The van der Waals surface area contributed by atoms with Gasteiger partial charge in [0.15, 0.2) is 0 Å². The molecule has 0 saturated heterocycles. The van der Waals surface area contributed by atoms with E-state index in [-0.39, 0.29) is 6.61 Å². The first kappa shape index (κ1) is 14.3. The molecule has 21 heavy (non-hydrogen) atoms. The molecule has 0 atom stereocenters. The van der Waals surface area contributed by atoms with Crippen molar-refractivity contribution in [3.8, 4) is 0 Å². The molecule has 1 fully saturated rings. The molecule has 1 aromatic carbocycles. The quantitative estimate of drug-likeness (QED) is 0.906. The van der Waals surface area contributed by atoms with E-state index in [4.69, 9.17) is 0 Å². The van der Waals surface area contributed by atoms with E-state index in [9.17, 15) is 10.2 Å². The summed E-state index contributed by atoms with van der Waals surface area (Å²) in [5, 5.41) is 21.2. The Morgan fingerprint density at radius 1 is 1.24 bits per heavy atom. The van der Waals surface area contributed by atoms with Crippen LogP contribution in [-0.4, -0.2) is 34.4 Å². The van der Waals surface area contributed by atoms with Crippen molar-refractivity contribution in [3.05, 3.63) is 35.9 Å². The van der Waals surface area contributed by atoms with Crippen molar-refractivity contribution < 1.29 is 10.2 Å². The van der Waals surface area contributed by atoms with Gasteiger partial charge in [-0.05, 0) is 25.0 Å². The highest BCUT2D eigenvalue weighted by Gasteiger charge is 2.33. The van der Waals surface area contributed by atoms with Gasteiger partial charge in [0.25, 0.3) is 0 Å². The SMILES string of the molecule is CN(CC1(O)CCCC1)c1nc2ccccc2cc1CO. The summed E-state index contributed by atoms with van der Waals surface area (Å²) in [5.74, 6) is 0.761. The number of anilines is 1. The summed E-state index contributed by atoms with van der Waals surface area (Å²) in [4.78, 5) is 6.65. The van der Waals surface area contributed by atoms with Gasteiger partial charge in [-0.3, -0.25) is 0 Å².